The predicted molar refractivity (Wildman–Crippen MR) is 132 cm³/mol. The third-order valence-corrected chi connectivity index (χ3v) is 7.60. The molecule has 0 aliphatic rings. The second kappa shape index (κ2) is 8.31. The van der Waals surface area contributed by atoms with Crippen LogP contribution in [0.5, 0.6) is 0 Å². The molecule has 5 aromatic rings. The lowest BCUT2D eigenvalue weighted by Gasteiger charge is -2.25. The minimum Gasteiger partial charge on any atom is -0.478 e. The van der Waals surface area contributed by atoms with E-state index in [0.717, 1.165) is 27.2 Å². The number of pyridine rings is 1. The minimum atomic E-state index is -4.07. The Morgan fingerprint density at radius 3 is 2.35 bits per heavy atom. The van der Waals surface area contributed by atoms with Crippen LogP contribution in [-0.4, -0.2) is 29.5 Å². The highest BCUT2D eigenvalue weighted by Crippen LogP contribution is 2.31. The highest BCUT2D eigenvalue weighted by atomic mass is 32.2. The van der Waals surface area contributed by atoms with Gasteiger partial charge < -0.3 is 10.1 Å². The lowest BCUT2D eigenvalue weighted by Crippen LogP contribution is -2.32. The Morgan fingerprint density at radius 1 is 0.971 bits per heavy atom. The van der Waals surface area contributed by atoms with Gasteiger partial charge in [-0.25, -0.2) is 22.5 Å². The number of carboxylic acids is 1. The smallest absolute Gasteiger partial charge is 0.335 e. The van der Waals surface area contributed by atoms with Crippen LogP contribution in [0.15, 0.2) is 90.0 Å². The molecule has 0 saturated heterocycles. The molecule has 0 bridgehead atoms. The van der Waals surface area contributed by atoms with Gasteiger partial charge in [-0.1, -0.05) is 42.5 Å². The maximum absolute atomic E-state index is 13.8. The van der Waals surface area contributed by atoms with Crippen LogP contribution in [0.25, 0.3) is 21.7 Å². The van der Waals surface area contributed by atoms with Crippen molar-refractivity contribution in [3.05, 3.63) is 102 Å². The average molecular weight is 472 g/mol. The number of aromatic nitrogens is 2. The molecule has 170 valence electrons. The van der Waals surface area contributed by atoms with Gasteiger partial charge >= 0.3 is 5.97 Å². The summed E-state index contributed by atoms with van der Waals surface area (Å²) in [6.07, 6.45) is 1.67. The van der Waals surface area contributed by atoms with E-state index in [1.165, 1.54) is 28.6 Å². The van der Waals surface area contributed by atoms with Gasteiger partial charge in [-0.2, -0.15) is 0 Å². The number of hydrogen-bond acceptors (Lipinski definition) is 4. The number of nitrogens with zero attached hydrogens (tertiary/aromatic N) is 2. The summed E-state index contributed by atoms with van der Waals surface area (Å²) in [6, 6.07) is 22.5. The van der Waals surface area contributed by atoms with E-state index in [-0.39, 0.29) is 17.0 Å². The summed E-state index contributed by atoms with van der Waals surface area (Å²) in [5.74, 6) is -0.800. The van der Waals surface area contributed by atoms with Crippen LogP contribution in [0.2, 0.25) is 0 Å². The maximum atomic E-state index is 13.8. The van der Waals surface area contributed by atoms with E-state index in [0.29, 0.717) is 11.5 Å². The molecule has 8 heteroatoms. The molecule has 34 heavy (non-hydrogen) atoms. The highest BCUT2D eigenvalue weighted by Gasteiger charge is 2.29. The first-order chi connectivity index (χ1) is 16.3. The third kappa shape index (κ3) is 3.78. The number of para-hydroxylation sites is 1. The summed E-state index contributed by atoms with van der Waals surface area (Å²) >= 11 is 0. The first kappa shape index (κ1) is 21.7. The van der Waals surface area contributed by atoms with Crippen LogP contribution in [-0.2, 0) is 16.6 Å². The summed E-state index contributed by atoms with van der Waals surface area (Å²) in [5, 5.41) is 12.0. The molecule has 2 heterocycles. The number of rotatable bonds is 6. The lowest BCUT2D eigenvalue weighted by molar-refractivity contribution is 0.0696. The summed E-state index contributed by atoms with van der Waals surface area (Å²) < 4.78 is 29.0. The Balaban J connectivity index is 1.66. The zero-order chi connectivity index (χ0) is 23.9. The lowest BCUT2D eigenvalue weighted by atomic mass is 10.1. The Hall–Kier alpha value is -4.17. The molecule has 2 N–H and O–H groups in total. The molecule has 0 radical (unpaired) electrons. The SMILES string of the molecule is Cc1c(N(Cc2cc3ccccc3[nH]2)S(=O)(=O)c2ccc(C(=O)O)cc2)ncc2ccccc12. The first-order valence-electron chi connectivity index (χ1n) is 10.6. The summed E-state index contributed by atoms with van der Waals surface area (Å²) in [6.45, 7) is 1.88. The topological polar surface area (TPSA) is 103 Å². The number of aromatic amines is 1. The number of benzene rings is 3. The molecule has 0 aliphatic heterocycles. The van der Waals surface area contributed by atoms with E-state index in [1.54, 1.807) is 6.20 Å². The molecular weight excluding hydrogens is 450 g/mol. The molecule has 0 aliphatic carbocycles. The van der Waals surface area contributed by atoms with Crippen LogP contribution in [0.3, 0.4) is 0 Å². The minimum absolute atomic E-state index is 0.0111. The van der Waals surface area contributed by atoms with Crippen LogP contribution in [0.1, 0.15) is 21.6 Å². The largest absolute Gasteiger partial charge is 0.478 e. The molecule has 0 amide bonds. The fraction of sp³-hybridized carbons (Fsp3) is 0.0769. The predicted octanol–water partition coefficient (Wildman–Crippen LogP) is 5.12. The van der Waals surface area contributed by atoms with Gasteiger partial charge in [0, 0.05) is 28.4 Å². The van der Waals surface area contributed by atoms with Gasteiger partial charge in [0.1, 0.15) is 5.82 Å². The van der Waals surface area contributed by atoms with Crippen molar-refractivity contribution in [2.45, 2.75) is 18.4 Å². The fourth-order valence-electron chi connectivity index (χ4n) is 4.09. The van der Waals surface area contributed by atoms with E-state index in [2.05, 4.69) is 9.97 Å². The van der Waals surface area contributed by atoms with Gasteiger partial charge in [0.05, 0.1) is 17.0 Å². The number of sulfonamides is 1. The van der Waals surface area contributed by atoms with Crippen molar-refractivity contribution in [2.24, 2.45) is 0 Å². The van der Waals surface area contributed by atoms with Gasteiger partial charge in [0.25, 0.3) is 10.0 Å². The highest BCUT2D eigenvalue weighted by molar-refractivity contribution is 7.92. The molecule has 5 rings (SSSR count). The molecule has 0 saturated carbocycles. The van der Waals surface area contributed by atoms with Crippen molar-refractivity contribution in [3.8, 4) is 0 Å². The van der Waals surface area contributed by atoms with E-state index < -0.39 is 16.0 Å². The Kier molecular flexibility index (Phi) is 5.30. The van der Waals surface area contributed by atoms with Gasteiger partial charge in [-0.3, -0.25) is 0 Å². The summed E-state index contributed by atoms with van der Waals surface area (Å²) in [4.78, 5) is 19.0. The van der Waals surface area contributed by atoms with Gasteiger partial charge in [-0.15, -0.1) is 0 Å². The molecule has 0 atom stereocenters. The number of aryl methyl sites for hydroxylation is 1. The van der Waals surface area contributed by atoms with E-state index >= 15 is 0 Å². The van der Waals surface area contributed by atoms with Crippen LogP contribution in [0.4, 0.5) is 5.82 Å². The molecule has 3 aromatic carbocycles. The molecule has 7 nitrogen and oxygen atoms in total. The Labute approximate surface area is 196 Å². The van der Waals surface area contributed by atoms with Crippen LogP contribution in [0, 0.1) is 6.92 Å². The molecular formula is C26H21N3O4S. The van der Waals surface area contributed by atoms with Crippen LogP contribution >= 0.6 is 0 Å². The number of anilines is 1. The molecule has 0 spiro atoms. The van der Waals surface area contributed by atoms with Gasteiger partial charge in [-0.05, 0) is 54.1 Å². The fourth-order valence-corrected chi connectivity index (χ4v) is 5.55. The quantitative estimate of drug-likeness (QED) is 0.358. The number of H-pyrrole nitrogens is 1. The number of carboxylic acid groups (broad SMARTS) is 1. The van der Waals surface area contributed by atoms with Crippen molar-refractivity contribution >= 4 is 43.5 Å². The van der Waals surface area contributed by atoms with E-state index in [9.17, 15) is 18.3 Å². The maximum Gasteiger partial charge on any atom is 0.335 e. The van der Waals surface area contributed by atoms with E-state index in [4.69, 9.17) is 0 Å². The second-order valence-electron chi connectivity index (χ2n) is 8.02. The van der Waals surface area contributed by atoms with Crippen LogP contribution < -0.4 is 4.31 Å². The van der Waals surface area contributed by atoms with Crippen molar-refractivity contribution in [2.75, 3.05) is 4.31 Å². The van der Waals surface area contributed by atoms with Gasteiger partial charge in [0.2, 0.25) is 0 Å². The normalized spacial score (nSPS) is 11.7. The monoisotopic (exact) mass is 471 g/mol. The number of nitrogens with one attached hydrogen (secondary N) is 1. The first-order valence-corrected chi connectivity index (χ1v) is 12.1. The third-order valence-electron chi connectivity index (χ3n) is 5.85. The zero-order valence-electron chi connectivity index (χ0n) is 18.3. The summed E-state index contributed by atoms with van der Waals surface area (Å²) in [5.41, 5.74) is 2.37. The Bertz CT molecular complexity index is 1610. The van der Waals surface area contributed by atoms with Crippen molar-refractivity contribution in [1.82, 2.24) is 9.97 Å². The van der Waals surface area contributed by atoms with Crippen molar-refractivity contribution < 1.29 is 18.3 Å². The Morgan fingerprint density at radius 2 is 1.65 bits per heavy atom. The number of hydrogen-bond donors (Lipinski definition) is 2. The molecule has 0 fully saturated rings. The standard InChI is InChI=1S/C26H21N3O4S/c1-17-23-8-4-2-7-20(23)15-27-25(17)29(16-21-14-19-6-3-5-9-24(19)28-21)34(32,33)22-12-10-18(11-13-22)26(30)31/h2-15,28H,16H2,1H3,(H,30,31). The van der Waals surface area contributed by atoms with Gasteiger partial charge in [0.15, 0.2) is 0 Å². The zero-order valence-corrected chi connectivity index (χ0v) is 19.1. The number of carbonyl (C=O) groups is 1. The number of aromatic carboxylic acids is 1. The molecule has 2 aromatic heterocycles. The molecule has 0 unspecified atom stereocenters. The average Bonchev–Trinajstić information content (AvgIpc) is 3.26. The van der Waals surface area contributed by atoms with Crippen molar-refractivity contribution in [3.63, 3.8) is 0 Å². The number of fused-ring (bicyclic) bond motifs is 2. The van der Waals surface area contributed by atoms with E-state index in [1.807, 2.05) is 61.5 Å². The van der Waals surface area contributed by atoms with Crippen molar-refractivity contribution in [1.29, 1.82) is 0 Å². The second-order valence-corrected chi connectivity index (χ2v) is 9.88. The summed E-state index contributed by atoms with van der Waals surface area (Å²) in [7, 11) is -4.07.